The molecular weight excluding hydrogens is 188 g/mol. The molecule has 3 atom stereocenters. The summed E-state index contributed by atoms with van der Waals surface area (Å²) in [5, 5.41) is 3.34. The van der Waals surface area contributed by atoms with E-state index in [-0.39, 0.29) is 0 Å². The highest BCUT2D eigenvalue weighted by Gasteiger charge is 2.43. The first-order valence-corrected chi connectivity index (χ1v) is 6.25. The first-order valence-electron chi connectivity index (χ1n) is 6.25. The summed E-state index contributed by atoms with van der Waals surface area (Å²) in [5.41, 5.74) is 0. The van der Waals surface area contributed by atoms with Crippen LogP contribution < -0.4 is 5.32 Å². The Balaban J connectivity index is 1.95. The van der Waals surface area contributed by atoms with Crippen molar-refractivity contribution in [3.63, 3.8) is 0 Å². The van der Waals surface area contributed by atoms with Gasteiger partial charge in [-0.25, -0.2) is 0 Å². The summed E-state index contributed by atoms with van der Waals surface area (Å²) in [4.78, 5) is 14.3. The van der Waals surface area contributed by atoms with Crippen LogP contribution in [0.5, 0.6) is 0 Å². The number of rotatable bonds is 4. The van der Waals surface area contributed by atoms with Crippen LogP contribution in [0.3, 0.4) is 0 Å². The molecule has 3 unspecified atom stereocenters. The zero-order valence-electron chi connectivity index (χ0n) is 9.83. The minimum atomic E-state index is 0.345. The molecule has 1 N–H and O–H groups in total. The summed E-state index contributed by atoms with van der Waals surface area (Å²) in [6, 6.07) is 0.463. The molecule has 3 heteroatoms. The van der Waals surface area contributed by atoms with Crippen LogP contribution in [0.25, 0.3) is 0 Å². The molecule has 2 rings (SSSR count). The number of hydrogen-bond donors (Lipinski definition) is 1. The zero-order valence-corrected chi connectivity index (χ0v) is 9.83. The molecule has 0 radical (unpaired) electrons. The minimum absolute atomic E-state index is 0.345. The summed E-state index contributed by atoms with van der Waals surface area (Å²) in [5.74, 6) is 1.39. The van der Waals surface area contributed by atoms with Crippen LogP contribution in [0.15, 0.2) is 0 Å². The topological polar surface area (TPSA) is 32.3 Å². The van der Waals surface area contributed by atoms with Gasteiger partial charge in [0.15, 0.2) is 0 Å². The van der Waals surface area contributed by atoms with Gasteiger partial charge in [-0.2, -0.15) is 0 Å². The smallest absolute Gasteiger partial charge is 0.226 e. The standard InChI is InChI=1S/C12H22N2O/c1-3-6-14(10-4-5-13-8-10)12(15)11-7-9(11)2/h9-11,13H,3-8H2,1-2H3. The average molecular weight is 210 g/mol. The van der Waals surface area contributed by atoms with Crippen molar-refractivity contribution in [3.05, 3.63) is 0 Å². The van der Waals surface area contributed by atoms with Crippen LogP contribution in [0.4, 0.5) is 0 Å². The van der Waals surface area contributed by atoms with Crippen molar-refractivity contribution >= 4 is 5.91 Å². The molecule has 0 bridgehead atoms. The lowest BCUT2D eigenvalue weighted by molar-refractivity contribution is -0.134. The second-order valence-corrected chi connectivity index (χ2v) is 5.00. The summed E-state index contributed by atoms with van der Waals surface area (Å²) < 4.78 is 0. The van der Waals surface area contributed by atoms with E-state index in [1.807, 2.05) is 0 Å². The van der Waals surface area contributed by atoms with E-state index in [1.165, 1.54) is 0 Å². The Labute approximate surface area is 92.2 Å². The lowest BCUT2D eigenvalue weighted by atomic mass is 10.1. The number of hydrogen-bond acceptors (Lipinski definition) is 2. The van der Waals surface area contributed by atoms with Crippen LogP contribution in [-0.4, -0.2) is 36.5 Å². The van der Waals surface area contributed by atoms with Crippen molar-refractivity contribution in [3.8, 4) is 0 Å². The Kier molecular flexibility index (Phi) is 3.29. The molecule has 86 valence electrons. The Morgan fingerprint density at radius 1 is 1.53 bits per heavy atom. The SMILES string of the molecule is CCCN(C(=O)C1CC1C)C1CCNC1. The number of nitrogens with zero attached hydrogens (tertiary/aromatic N) is 1. The molecule has 1 saturated carbocycles. The maximum atomic E-state index is 12.2. The maximum Gasteiger partial charge on any atom is 0.226 e. The highest BCUT2D eigenvalue weighted by atomic mass is 16.2. The average Bonchev–Trinajstić information content (AvgIpc) is 2.76. The van der Waals surface area contributed by atoms with Crippen molar-refractivity contribution in [1.29, 1.82) is 0 Å². The van der Waals surface area contributed by atoms with Gasteiger partial charge in [-0.1, -0.05) is 13.8 Å². The molecule has 1 saturated heterocycles. The van der Waals surface area contributed by atoms with Crippen LogP contribution in [0, 0.1) is 11.8 Å². The van der Waals surface area contributed by atoms with E-state index < -0.39 is 0 Å². The molecule has 1 heterocycles. The van der Waals surface area contributed by atoms with Crippen LogP contribution in [-0.2, 0) is 4.79 Å². The van der Waals surface area contributed by atoms with E-state index in [0.717, 1.165) is 38.9 Å². The first-order chi connectivity index (χ1) is 7.24. The van der Waals surface area contributed by atoms with Gasteiger partial charge in [-0.3, -0.25) is 4.79 Å². The molecule has 0 spiro atoms. The third-order valence-electron chi connectivity index (χ3n) is 3.65. The summed E-state index contributed by atoms with van der Waals surface area (Å²) in [6.45, 7) is 7.33. The fourth-order valence-electron chi connectivity index (χ4n) is 2.50. The molecule has 0 aromatic carbocycles. The number of carbonyl (C=O) groups excluding carboxylic acids is 1. The summed E-state index contributed by atoms with van der Waals surface area (Å²) in [7, 11) is 0. The molecule has 2 fully saturated rings. The van der Waals surface area contributed by atoms with Gasteiger partial charge in [0, 0.05) is 25.0 Å². The highest BCUT2D eigenvalue weighted by Crippen LogP contribution is 2.39. The van der Waals surface area contributed by atoms with E-state index >= 15 is 0 Å². The maximum absolute atomic E-state index is 12.2. The van der Waals surface area contributed by atoms with Crippen LogP contribution >= 0.6 is 0 Å². The van der Waals surface area contributed by atoms with E-state index in [4.69, 9.17) is 0 Å². The molecular formula is C12H22N2O. The van der Waals surface area contributed by atoms with E-state index in [1.54, 1.807) is 0 Å². The van der Waals surface area contributed by atoms with Gasteiger partial charge in [0.2, 0.25) is 5.91 Å². The zero-order chi connectivity index (χ0) is 10.8. The number of nitrogens with one attached hydrogen (secondary N) is 1. The fraction of sp³-hybridized carbons (Fsp3) is 0.917. The van der Waals surface area contributed by atoms with Crippen molar-refractivity contribution < 1.29 is 4.79 Å². The first kappa shape index (κ1) is 10.9. The van der Waals surface area contributed by atoms with Gasteiger partial charge in [0.25, 0.3) is 0 Å². The quantitative estimate of drug-likeness (QED) is 0.757. The van der Waals surface area contributed by atoms with Crippen molar-refractivity contribution in [2.75, 3.05) is 19.6 Å². The van der Waals surface area contributed by atoms with Gasteiger partial charge in [0.1, 0.15) is 0 Å². The lowest BCUT2D eigenvalue weighted by Gasteiger charge is -2.28. The summed E-state index contributed by atoms with van der Waals surface area (Å²) >= 11 is 0. The molecule has 0 aromatic rings. The van der Waals surface area contributed by atoms with E-state index in [0.29, 0.717) is 23.8 Å². The molecule has 1 aliphatic carbocycles. The van der Waals surface area contributed by atoms with Crippen LogP contribution in [0.1, 0.15) is 33.1 Å². The predicted molar refractivity (Wildman–Crippen MR) is 60.5 cm³/mol. The van der Waals surface area contributed by atoms with Crippen molar-refractivity contribution in [2.45, 2.75) is 39.2 Å². The van der Waals surface area contributed by atoms with Gasteiger partial charge < -0.3 is 10.2 Å². The summed E-state index contributed by atoms with van der Waals surface area (Å²) in [6.07, 6.45) is 3.31. The number of amides is 1. The van der Waals surface area contributed by atoms with Gasteiger partial charge in [-0.05, 0) is 31.7 Å². The Hall–Kier alpha value is -0.570. The molecule has 1 aliphatic heterocycles. The Bertz CT molecular complexity index is 236. The fourth-order valence-corrected chi connectivity index (χ4v) is 2.50. The van der Waals surface area contributed by atoms with Crippen LogP contribution in [0.2, 0.25) is 0 Å². The van der Waals surface area contributed by atoms with Gasteiger partial charge >= 0.3 is 0 Å². The third-order valence-corrected chi connectivity index (χ3v) is 3.65. The van der Waals surface area contributed by atoms with Gasteiger partial charge in [-0.15, -0.1) is 0 Å². The molecule has 0 aromatic heterocycles. The Morgan fingerprint density at radius 3 is 2.73 bits per heavy atom. The monoisotopic (exact) mass is 210 g/mol. The number of carbonyl (C=O) groups is 1. The lowest BCUT2D eigenvalue weighted by Crippen LogP contribution is -2.43. The second-order valence-electron chi connectivity index (χ2n) is 5.00. The van der Waals surface area contributed by atoms with Crippen molar-refractivity contribution in [1.82, 2.24) is 10.2 Å². The third kappa shape index (κ3) is 2.33. The predicted octanol–water partition coefficient (Wildman–Crippen LogP) is 1.24. The van der Waals surface area contributed by atoms with Gasteiger partial charge in [0.05, 0.1) is 0 Å². The molecule has 3 nitrogen and oxygen atoms in total. The second kappa shape index (κ2) is 4.52. The highest BCUT2D eigenvalue weighted by molar-refractivity contribution is 5.82. The Morgan fingerprint density at radius 2 is 2.27 bits per heavy atom. The largest absolute Gasteiger partial charge is 0.338 e. The normalized spacial score (nSPS) is 34.1. The van der Waals surface area contributed by atoms with E-state index in [9.17, 15) is 4.79 Å². The van der Waals surface area contributed by atoms with Crippen molar-refractivity contribution in [2.24, 2.45) is 11.8 Å². The van der Waals surface area contributed by atoms with E-state index in [2.05, 4.69) is 24.1 Å². The molecule has 2 aliphatic rings. The minimum Gasteiger partial charge on any atom is -0.338 e. The molecule has 1 amide bonds. The molecule has 15 heavy (non-hydrogen) atoms.